The van der Waals surface area contributed by atoms with Crippen molar-refractivity contribution in [3.8, 4) is 0 Å². The standard InChI is InChI=1S/C17H25FN2O/c1-13(12-15-8-4-5-9-16(15)18)19-14(2)17(21)20-10-6-3-7-11-20/h4-5,8-9,13-14,19H,3,6-7,10-12H2,1-2H3. The van der Waals surface area contributed by atoms with Crippen molar-refractivity contribution in [1.29, 1.82) is 0 Å². The molecule has 4 heteroatoms. The lowest BCUT2D eigenvalue weighted by Gasteiger charge is -2.30. The molecule has 116 valence electrons. The first-order chi connectivity index (χ1) is 10.1. The summed E-state index contributed by atoms with van der Waals surface area (Å²) in [5.41, 5.74) is 0.690. The van der Waals surface area contributed by atoms with Gasteiger partial charge in [0.05, 0.1) is 6.04 Å². The summed E-state index contributed by atoms with van der Waals surface area (Å²) < 4.78 is 13.6. The van der Waals surface area contributed by atoms with E-state index in [4.69, 9.17) is 0 Å². The molecule has 1 aliphatic heterocycles. The number of likely N-dealkylation sites (tertiary alicyclic amines) is 1. The van der Waals surface area contributed by atoms with Gasteiger partial charge in [0.1, 0.15) is 5.82 Å². The van der Waals surface area contributed by atoms with E-state index in [9.17, 15) is 9.18 Å². The SMILES string of the molecule is CC(Cc1ccccc1F)NC(C)C(=O)N1CCCCC1. The Morgan fingerprint density at radius 1 is 1.24 bits per heavy atom. The van der Waals surface area contributed by atoms with Crippen LogP contribution in [0.15, 0.2) is 24.3 Å². The number of carbonyl (C=O) groups excluding carboxylic acids is 1. The second-order valence-electron chi connectivity index (χ2n) is 5.97. The highest BCUT2D eigenvalue weighted by molar-refractivity contribution is 5.81. The first kappa shape index (κ1) is 16.0. The van der Waals surface area contributed by atoms with Crippen LogP contribution < -0.4 is 5.32 Å². The van der Waals surface area contributed by atoms with Crippen LogP contribution in [-0.2, 0) is 11.2 Å². The predicted molar refractivity (Wildman–Crippen MR) is 82.6 cm³/mol. The lowest BCUT2D eigenvalue weighted by Crippen LogP contribution is -2.49. The molecule has 3 nitrogen and oxygen atoms in total. The van der Waals surface area contributed by atoms with Crippen LogP contribution in [0.1, 0.15) is 38.7 Å². The van der Waals surface area contributed by atoms with Crippen LogP contribution in [0.3, 0.4) is 0 Å². The van der Waals surface area contributed by atoms with Crippen LogP contribution in [0.5, 0.6) is 0 Å². The van der Waals surface area contributed by atoms with E-state index in [1.165, 1.54) is 12.5 Å². The van der Waals surface area contributed by atoms with Crippen LogP contribution in [0.2, 0.25) is 0 Å². The molecular formula is C17H25FN2O. The van der Waals surface area contributed by atoms with E-state index < -0.39 is 0 Å². The van der Waals surface area contributed by atoms with Gasteiger partial charge in [-0.05, 0) is 51.2 Å². The maximum atomic E-state index is 13.6. The van der Waals surface area contributed by atoms with E-state index in [1.54, 1.807) is 12.1 Å². The van der Waals surface area contributed by atoms with Gasteiger partial charge in [-0.25, -0.2) is 4.39 Å². The molecule has 1 N–H and O–H groups in total. The monoisotopic (exact) mass is 292 g/mol. The molecule has 0 aromatic heterocycles. The third-order valence-corrected chi connectivity index (χ3v) is 4.06. The van der Waals surface area contributed by atoms with Crippen LogP contribution in [0.4, 0.5) is 4.39 Å². The largest absolute Gasteiger partial charge is 0.341 e. The Hall–Kier alpha value is -1.42. The molecule has 1 saturated heterocycles. The van der Waals surface area contributed by atoms with Gasteiger partial charge in [-0.2, -0.15) is 0 Å². The summed E-state index contributed by atoms with van der Waals surface area (Å²) in [7, 11) is 0. The van der Waals surface area contributed by atoms with Gasteiger partial charge in [0.2, 0.25) is 5.91 Å². The Kier molecular flexibility index (Phi) is 5.74. The van der Waals surface area contributed by atoms with Gasteiger partial charge in [0.15, 0.2) is 0 Å². The summed E-state index contributed by atoms with van der Waals surface area (Å²) in [4.78, 5) is 14.3. The van der Waals surface area contributed by atoms with E-state index in [-0.39, 0.29) is 23.8 Å². The van der Waals surface area contributed by atoms with Crippen molar-refractivity contribution in [3.05, 3.63) is 35.6 Å². The van der Waals surface area contributed by atoms with E-state index >= 15 is 0 Å². The summed E-state index contributed by atoms with van der Waals surface area (Å²) >= 11 is 0. The molecule has 0 spiro atoms. The summed E-state index contributed by atoms with van der Waals surface area (Å²) in [5, 5.41) is 3.29. The van der Waals surface area contributed by atoms with Crippen molar-refractivity contribution in [2.75, 3.05) is 13.1 Å². The molecule has 2 unspecified atom stereocenters. The summed E-state index contributed by atoms with van der Waals surface area (Å²) in [6.07, 6.45) is 4.01. The zero-order valence-corrected chi connectivity index (χ0v) is 12.9. The zero-order valence-electron chi connectivity index (χ0n) is 12.9. The molecule has 1 amide bonds. The number of rotatable bonds is 5. The third-order valence-electron chi connectivity index (χ3n) is 4.06. The van der Waals surface area contributed by atoms with Crippen LogP contribution >= 0.6 is 0 Å². The normalized spacial score (nSPS) is 18.3. The Morgan fingerprint density at radius 2 is 1.90 bits per heavy atom. The predicted octanol–water partition coefficient (Wildman–Crippen LogP) is 2.75. The highest BCUT2D eigenvalue weighted by Crippen LogP contribution is 2.12. The Balaban J connectivity index is 1.85. The van der Waals surface area contributed by atoms with Crippen molar-refractivity contribution in [1.82, 2.24) is 10.2 Å². The van der Waals surface area contributed by atoms with Gasteiger partial charge in [0, 0.05) is 19.1 Å². The fraction of sp³-hybridized carbons (Fsp3) is 0.588. The zero-order chi connectivity index (χ0) is 15.2. The Labute approximate surface area is 126 Å². The smallest absolute Gasteiger partial charge is 0.239 e. The Morgan fingerprint density at radius 3 is 2.57 bits per heavy atom. The van der Waals surface area contributed by atoms with Crippen molar-refractivity contribution in [2.45, 2.75) is 51.6 Å². The molecule has 0 radical (unpaired) electrons. The quantitative estimate of drug-likeness (QED) is 0.905. The van der Waals surface area contributed by atoms with Gasteiger partial charge in [-0.15, -0.1) is 0 Å². The number of halogens is 1. The van der Waals surface area contributed by atoms with Gasteiger partial charge in [0.25, 0.3) is 0 Å². The second-order valence-corrected chi connectivity index (χ2v) is 5.97. The number of nitrogens with one attached hydrogen (secondary N) is 1. The summed E-state index contributed by atoms with van der Waals surface area (Å²) in [6.45, 7) is 5.63. The fourth-order valence-corrected chi connectivity index (χ4v) is 2.94. The molecule has 1 fully saturated rings. The van der Waals surface area contributed by atoms with Crippen molar-refractivity contribution < 1.29 is 9.18 Å². The number of nitrogens with zero attached hydrogens (tertiary/aromatic N) is 1. The lowest BCUT2D eigenvalue weighted by atomic mass is 10.1. The molecule has 0 aliphatic carbocycles. The maximum absolute atomic E-state index is 13.6. The van der Waals surface area contributed by atoms with Crippen LogP contribution in [-0.4, -0.2) is 36.0 Å². The second kappa shape index (κ2) is 7.55. The molecule has 21 heavy (non-hydrogen) atoms. The van der Waals surface area contributed by atoms with Gasteiger partial charge < -0.3 is 10.2 Å². The molecular weight excluding hydrogens is 267 g/mol. The average Bonchev–Trinajstić information content (AvgIpc) is 2.49. The summed E-state index contributed by atoms with van der Waals surface area (Å²) in [5.74, 6) is -0.0174. The third kappa shape index (κ3) is 4.53. The molecule has 1 aromatic rings. The van der Waals surface area contributed by atoms with E-state index in [0.29, 0.717) is 12.0 Å². The molecule has 1 aromatic carbocycles. The minimum Gasteiger partial charge on any atom is -0.341 e. The van der Waals surface area contributed by atoms with Crippen molar-refractivity contribution in [2.24, 2.45) is 0 Å². The molecule has 1 heterocycles. The molecule has 2 rings (SSSR count). The summed E-state index contributed by atoms with van der Waals surface area (Å²) in [6, 6.07) is 6.65. The molecule has 1 aliphatic rings. The number of piperidine rings is 1. The van der Waals surface area contributed by atoms with Gasteiger partial charge in [-0.1, -0.05) is 18.2 Å². The minimum atomic E-state index is -0.218. The van der Waals surface area contributed by atoms with E-state index in [1.807, 2.05) is 24.8 Å². The van der Waals surface area contributed by atoms with Crippen molar-refractivity contribution >= 4 is 5.91 Å². The van der Waals surface area contributed by atoms with E-state index in [2.05, 4.69) is 5.32 Å². The molecule has 2 atom stereocenters. The lowest BCUT2D eigenvalue weighted by molar-refractivity contribution is -0.134. The first-order valence-electron chi connectivity index (χ1n) is 7.86. The van der Waals surface area contributed by atoms with Crippen LogP contribution in [0, 0.1) is 5.82 Å². The maximum Gasteiger partial charge on any atom is 0.239 e. The number of carbonyl (C=O) groups is 1. The van der Waals surface area contributed by atoms with Gasteiger partial charge >= 0.3 is 0 Å². The number of amides is 1. The highest BCUT2D eigenvalue weighted by atomic mass is 19.1. The minimum absolute atomic E-state index is 0.0608. The topological polar surface area (TPSA) is 32.3 Å². The first-order valence-corrected chi connectivity index (χ1v) is 7.86. The molecule has 0 bridgehead atoms. The van der Waals surface area contributed by atoms with Crippen LogP contribution in [0.25, 0.3) is 0 Å². The number of hydrogen-bond acceptors (Lipinski definition) is 2. The Bertz CT molecular complexity index is 472. The number of hydrogen-bond donors (Lipinski definition) is 1. The molecule has 0 saturated carbocycles. The highest BCUT2D eigenvalue weighted by Gasteiger charge is 2.23. The van der Waals surface area contributed by atoms with Gasteiger partial charge in [-0.3, -0.25) is 4.79 Å². The average molecular weight is 292 g/mol. The van der Waals surface area contributed by atoms with Crippen molar-refractivity contribution in [3.63, 3.8) is 0 Å². The number of benzene rings is 1. The fourth-order valence-electron chi connectivity index (χ4n) is 2.94. The van der Waals surface area contributed by atoms with E-state index in [0.717, 1.165) is 25.9 Å².